The Labute approximate surface area is 121 Å². The van der Waals surface area contributed by atoms with Crippen LogP contribution in [0.4, 0.5) is 0 Å². The lowest BCUT2D eigenvalue weighted by atomic mass is 9.51. The Kier molecular flexibility index (Phi) is 1.96. The van der Waals surface area contributed by atoms with Gasteiger partial charge < -0.3 is 5.11 Å². The van der Waals surface area contributed by atoms with Crippen LogP contribution in [0.15, 0.2) is 11.0 Å². The average molecular weight is 288 g/mol. The highest BCUT2D eigenvalue weighted by molar-refractivity contribution is 5.71. The van der Waals surface area contributed by atoms with E-state index in [1.165, 1.54) is 6.42 Å². The zero-order valence-corrected chi connectivity index (χ0v) is 12.2. The Morgan fingerprint density at radius 1 is 1.33 bits per heavy atom. The van der Waals surface area contributed by atoms with Crippen LogP contribution in [0.2, 0.25) is 0 Å². The normalized spacial score (nSPS) is 41.2. The molecule has 0 aromatic carbocycles. The van der Waals surface area contributed by atoms with Gasteiger partial charge >= 0.3 is 5.69 Å². The van der Waals surface area contributed by atoms with Gasteiger partial charge in [-0.2, -0.15) is 5.10 Å². The highest BCUT2D eigenvalue weighted by atomic mass is 16.3. The van der Waals surface area contributed by atoms with E-state index in [4.69, 9.17) is 0 Å². The number of aromatic nitrogens is 4. The van der Waals surface area contributed by atoms with Crippen LogP contribution in [0.25, 0.3) is 11.2 Å². The summed E-state index contributed by atoms with van der Waals surface area (Å²) >= 11 is 0. The van der Waals surface area contributed by atoms with E-state index < -0.39 is 5.60 Å². The second-order valence-electron chi connectivity index (χ2n) is 7.69. The second kappa shape index (κ2) is 3.43. The van der Waals surface area contributed by atoms with Crippen LogP contribution >= 0.6 is 0 Å². The van der Waals surface area contributed by atoms with Crippen molar-refractivity contribution in [1.82, 2.24) is 19.3 Å². The van der Waals surface area contributed by atoms with E-state index in [1.54, 1.807) is 17.8 Å². The molecule has 4 aliphatic carbocycles. The van der Waals surface area contributed by atoms with Crippen molar-refractivity contribution in [3.8, 4) is 0 Å². The van der Waals surface area contributed by atoms with Gasteiger partial charge in [0.15, 0.2) is 5.65 Å². The second-order valence-corrected chi connectivity index (χ2v) is 7.69. The van der Waals surface area contributed by atoms with Crippen LogP contribution in [0.5, 0.6) is 0 Å². The summed E-state index contributed by atoms with van der Waals surface area (Å²) in [5, 5.41) is 18.0. The fourth-order valence-corrected chi connectivity index (χ4v) is 5.90. The van der Waals surface area contributed by atoms with Gasteiger partial charge in [0, 0.05) is 7.05 Å². The molecule has 21 heavy (non-hydrogen) atoms. The van der Waals surface area contributed by atoms with E-state index in [9.17, 15) is 9.90 Å². The summed E-state index contributed by atoms with van der Waals surface area (Å²) in [7, 11) is 1.80. The van der Waals surface area contributed by atoms with Crippen molar-refractivity contribution in [3.05, 3.63) is 16.7 Å². The Bertz CT molecular complexity index is 784. The molecular weight excluding hydrogens is 268 g/mol. The predicted molar refractivity (Wildman–Crippen MR) is 76.9 cm³/mol. The summed E-state index contributed by atoms with van der Waals surface area (Å²) in [5.41, 5.74) is 0.896. The molecule has 0 saturated heterocycles. The molecule has 4 saturated carbocycles. The third kappa shape index (κ3) is 1.36. The summed E-state index contributed by atoms with van der Waals surface area (Å²) in [4.78, 5) is 12.8. The Hall–Kier alpha value is -1.56. The van der Waals surface area contributed by atoms with E-state index in [1.807, 2.05) is 4.57 Å². The van der Waals surface area contributed by atoms with Crippen molar-refractivity contribution >= 4 is 11.2 Å². The molecular formula is C15H20N4O2. The van der Waals surface area contributed by atoms with Crippen LogP contribution in [-0.2, 0) is 12.6 Å². The number of aromatic amines is 1. The third-order valence-electron chi connectivity index (χ3n) is 6.14. The lowest BCUT2D eigenvalue weighted by Crippen LogP contribution is -2.61. The average Bonchev–Trinajstić information content (AvgIpc) is 2.91. The molecule has 6 nitrogen and oxygen atoms in total. The number of aliphatic hydroxyl groups is 1. The van der Waals surface area contributed by atoms with E-state index >= 15 is 0 Å². The number of imidazole rings is 1. The molecule has 2 aromatic rings. The number of nitrogens with zero attached hydrogens (tertiary/aromatic N) is 3. The van der Waals surface area contributed by atoms with Gasteiger partial charge in [-0.15, -0.1) is 0 Å². The number of rotatable bonds is 1. The predicted octanol–water partition coefficient (Wildman–Crippen LogP) is 1.10. The van der Waals surface area contributed by atoms with Gasteiger partial charge in [-0.3, -0.25) is 14.2 Å². The summed E-state index contributed by atoms with van der Waals surface area (Å²) < 4.78 is 3.58. The highest BCUT2D eigenvalue weighted by Crippen LogP contribution is 2.60. The van der Waals surface area contributed by atoms with E-state index in [0.717, 1.165) is 36.8 Å². The maximum atomic E-state index is 12.8. The fourth-order valence-electron chi connectivity index (χ4n) is 5.90. The first-order valence-electron chi connectivity index (χ1n) is 7.83. The summed E-state index contributed by atoms with van der Waals surface area (Å²) in [5.74, 6) is 1.11. The topological polar surface area (TPSA) is 75.8 Å². The van der Waals surface area contributed by atoms with Gasteiger partial charge in [-0.05, 0) is 50.4 Å². The molecule has 2 unspecified atom stereocenters. The SMILES string of the molecule is Cn1c(=O)n(C23CC4CC(CC(O)(C4)C2)C3)c2[nH]ncc21. The maximum Gasteiger partial charge on any atom is 0.330 e. The lowest BCUT2D eigenvalue weighted by molar-refractivity contribution is -0.156. The Morgan fingerprint density at radius 3 is 2.71 bits per heavy atom. The van der Waals surface area contributed by atoms with Crippen LogP contribution in [-0.4, -0.2) is 30.0 Å². The van der Waals surface area contributed by atoms with Gasteiger partial charge in [0.25, 0.3) is 0 Å². The minimum Gasteiger partial charge on any atom is -0.390 e. The first kappa shape index (κ1) is 12.0. The van der Waals surface area contributed by atoms with Crippen LogP contribution < -0.4 is 5.69 Å². The van der Waals surface area contributed by atoms with Crippen molar-refractivity contribution in [1.29, 1.82) is 0 Å². The number of aryl methyl sites for hydroxylation is 1. The van der Waals surface area contributed by atoms with Crippen molar-refractivity contribution in [3.63, 3.8) is 0 Å². The van der Waals surface area contributed by atoms with Crippen molar-refractivity contribution in [2.24, 2.45) is 18.9 Å². The van der Waals surface area contributed by atoms with Crippen molar-refractivity contribution < 1.29 is 5.11 Å². The van der Waals surface area contributed by atoms with E-state index in [0.29, 0.717) is 18.3 Å². The number of nitrogens with one attached hydrogen (secondary N) is 1. The Balaban J connectivity index is 1.77. The molecule has 2 atom stereocenters. The standard InChI is InChI=1S/C15H20N4O2/c1-18-11-7-16-17-12(11)19(13(18)20)14-3-9-2-10(4-14)6-15(21,5-9)8-14/h7,9-10,21H,2-6,8H2,1H3,(H,16,17). The van der Waals surface area contributed by atoms with Gasteiger partial charge in [0.05, 0.1) is 17.3 Å². The van der Waals surface area contributed by atoms with Crippen LogP contribution in [0.1, 0.15) is 38.5 Å². The zero-order valence-electron chi connectivity index (χ0n) is 12.2. The molecule has 2 N–H and O–H groups in total. The molecule has 4 aliphatic rings. The minimum atomic E-state index is -0.564. The van der Waals surface area contributed by atoms with E-state index in [2.05, 4.69) is 10.2 Å². The molecule has 4 fully saturated rings. The quantitative estimate of drug-likeness (QED) is 0.825. The van der Waals surface area contributed by atoms with E-state index in [-0.39, 0.29) is 11.2 Å². The van der Waals surface area contributed by atoms with Gasteiger partial charge in [0.2, 0.25) is 0 Å². The number of hydrogen-bond acceptors (Lipinski definition) is 3. The third-order valence-corrected chi connectivity index (χ3v) is 6.14. The van der Waals surface area contributed by atoms with Gasteiger partial charge in [-0.1, -0.05) is 0 Å². The lowest BCUT2D eigenvalue weighted by Gasteiger charge is -2.60. The molecule has 0 amide bonds. The molecule has 2 heterocycles. The smallest absolute Gasteiger partial charge is 0.330 e. The molecule has 6 heteroatoms. The monoisotopic (exact) mass is 288 g/mol. The maximum absolute atomic E-state index is 12.8. The zero-order chi connectivity index (χ0) is 14.4. The summed E-state index contributed by atoms with van der Waals surface area (Å²) in [6.07, 6.45) is 7.51. The number of hydrogen-bond donors (Lipinski definition) is 2. The number of H-pyrrole nitrogens is 1. The molecule has 0 aliphatic heterocycles. The molecule has 2 aromatic heterocycles. The minimum absolute atomic E-state index is 0.0178. The highest BCUT2D eigenvalue weighted by Gasteiger charge is 2.59. The Morgan fingerprint density at radius 2 is 2.05 bits per heavy atom. The first-order chi connectivity index (χ1) is 10.00. The summed E-state index contributed by atoms with van der Waals surface area (Å²) in [6.45, 7) is 0. The number of fused-ring (bicyclic) bond motifs is 1. The van der Waals surface area contributed by atoms with Crippen molar-refractivity contribution in [2.75, 3.05) is 0 Å². The first-order valence-corrected chi connectivity index (χ1v) is 7.83. The molecule has 0 spiro atoms. The van der Waals surface area contributed by atoms with Crippen molar-refractivity contribution in [2.45, 2.75) is 49.7 Å². The van der Waals surface area contributed by atoms with Gasteiger partial charge in [-0.25, -0.2) is 4.79 Å². The molecule has 112 valence electrons. The van der Waals surface area contributed by atoms with Crippen LogP contribution in [0, 0.1) is 11.8 Å². The van der Waals surface area contributed by atoms with Gasteiger partial charge in [0.1, 0.15) is 5.52 Å². The molecule has 0 radical (unpaired) electrons. The fraction of sp³-hybridized carbons (Fsp3) is 0.733. The molecule has 4 bridgehead atoms. The summed E-state index contributed by atoms with van der Waals surface area (Å²) in [6, 6.07) is 0. The molecule has 6 rings (SSSR count). The largest absolute Gasteiger partial charge is 0.390 e. The van der Waals surface area contributed by atoms with Crippen LogP contribution in [0.3, 0.4) is 0 Å².